The van der Waals surface area contributed by atoms with Crippen LogP contribution in [-0.4, -0.2) is 22.5 Å². The van der Waals surface area contributed by atoms with Crippen LogP contribution in [0.3, 0.4) is 0 Å². The summed E-state index contributed by atoms with van der Waals surface area (Å²) in [5.74, 6) is 0.558. The van der Waals surface area contributed by atoms with Gasteiger partial charge in [0, 0.05) is 42.1 Å². The second-order valence-corrected chi connectivity index (χ2v) is 7.46. The molecule has 1 saturated heterocycles. The summed E-state index contributed by atoms with van der Waals surface area (Å²) in [7, 11) is 0. The highest BCUT2D eigenvalue weighted by Crippen LogP contribution is 2.27. The Morgan fingerprint density at radius 3 is 2.60 bits per heavy atom. The fourth-order valence-corrected chi connectivity index (χ4v) is 3.49. The third-order valence-electron chi connectivity index (χ3n) is 4.64. The number of likely N-dealkylation sites (tertiary alicyclic amines) is 1. The van der Waals surface area contributed by atoms with Crippen LogP contribution in [0.4, 0.5) is 0 Å². The van der Waals surface area contributed by atoms with E-state index in [4.69, 9.17) is 0 Å². The number of carbonyl (C=O) groups excluding carboxylic acids is 1. The van der Waals surface area contributed by atoms with E-state index in [-0.39, 0.29) is 11.9 Å². The van der Waals surface area contributed by atoms with Crippen molar-refractivity contribution in [1.82, 2.24) is 10.2 Å². The van der Waals surface area contributed by atoms with Crippen molar-refractivity contribution in [2.75, 3.05) is 6.54 Å². The van der Waals surface area contributed by atoms with Crippen LogP contribution in [0.25, 0.3) is 0 Å². The van der Waals surface area contributed by atoms with Crippen LogP contribution in [0, 0.1) is 0 Å². The summed E-state index contributed by atoms with van der Waals surface area (Å²) < 4.78 is 0.953. The molecule has 1 amide bonds. The molecule has 1 heterocycles. The molecule has 1 atom stereocenters. The molecule has 5 heteroatoms. The number of nitrogens with one attached hydrogen (secondary N) is 1. The van der Waals surface area contributed by atoms with Crippen molar-refractivity contribution < 1.29 is 9.90 Å². The van der Waals surface area contributed by atoms with Gasteiger partial charge in [0.1, 0.15) is 5.75 Å². The van der Waals surface area contributed by atoms with Crippen molar-refractivity contribution in [3.05, 3.63) is 63.6 Å². The average molecular weight is 403 g/mol. The van der Waals surface area contributed by atoms with Gasteiger partial charge in [0.05, 0.1) is 0 Å². The van der Waals surface area contributed by atoms with Gasteiger partial charge in [0.15, 0.2) is 0 Å². The second-order valence-electron chi connectivity index (χ2n) is 6.54. The number of rotatable bonds is 6. The second kappa shape index (κ2) is 8.02. The maximum absolute atomic E-state index is 11.7. The maximum atomic E-state index is 11.7. The lowest BCUT2D eigenvalue weighted by Gasteiger charge is -2.17. The number of hydrogen-bond acceptors (Lipinski definition) is 3. The minimum Gasteiger partial charge on any atom is -0.508 e. The number of carbonyl (C=O) groups is 1. The van der Waals surface area contributed by atoms with E-state index in [0.717, 1.165) is 35.1 Å². The van der Waals surface area contributed by atoms with Gasteiger partial charge in [-0.05, 0) is 42.7 Å². The monoisotopic (exact) mass is 402 g/mol. The lowest BCUT2D eigenvalue weighted by atomic mass is 10.1. The zero-order chi connectivity index (χ0) is 17.8. The minimum atomic E-state index is 0.0411. The van der Waals surface area contributed by atoms with Crippen LogP contribution in [0.1, 0.15) is 42.5 Å². The molecule has 2 N–H and O–H groups in total. The van der Waals surface area contributed by atoms with Crippen molar-refractivity contribution >= 4 is 21.8 Å². The van der Waals surface area contributed by atoms with Gasteiger partial charge in [-0.15, -0.1) is 0 Å². The molecule has 1 unspecified atom stereocenters. The van der Waals surface area contributed by atoms with E-state index < -0.39 is 0 Å². The van der Waals surface area contributed by atoms with E-state index in [0.29, 0.717) is 18.7 Å². The zero-order valence-corrected chi connectivity index (χ0v) is 15.9. The van der Waals surface area contributed by atoms with Gasteiger partial charge in [0.2, 0.25) is 5.91 Å². The molecule has 0 aliphatic carbocycles. The molecule has 1 aliphatic heterocycles. The Morgan fingerprint density at radius 2 is 1.92 bits per heavy atom. The molecule has 3 rings (SSSR count). The Hall–Kier alpha value is -1.85. The molecule has 0 radical (unpaired) electrons. The van der Waals surface area contributed by atoms with Gasteiger partial charge >= 0.3 is 0 Å². The molecule has 1 fully saturated rings. The molecule has 132 valence electrons. The van der Waals surface area contributed by atoms with Gasteiger partial charge in [-0.3, -0.25) is 4.79 Å². The predicted molar refractivity (Wildman–Crippen MR) is 102 cm³/mol. The molecule has 0 spiro atoms. The van der Waals surface area contributed by atoms with Gasteiger partial charge in [-0.1, -0.05) is 40.2 Å². The molecular formula is C20H23BrN2O2. The Bertz CT molecular complexity index is 746. The van der Waals surface area contributed by atoms with Crippen LogP contribution in [0.15, 0.2) is 46.9 Å². The Balaban J connectivity index is 1.56. The molecule has 2 aromatic rings. The summed E-state index contributed by atoms with van der Waals surface area (Å²) >= 11 is 3.44. The van der Waals surface area contributed by atoms with Gasteiger partial charge in [-0.2, -0.15) is 0 Å². The Labute approximate surface area is 157 Å². The van der Waals surface area contributed by atoms with Crippen LogP contribution in [-0.2, 0) is 17.9 Å². The first kappa shape index (κ1) is 18.0. The number of amides is 1. The summed E-state index contributed by atoms with van der Waals surface area (Å²) in [6, 6.07) is 13.9. The molecule has 0 aromatic heterocycles. The quantitative estimate of drug-likeness (QED) is 0.763. The highest BCUT2D eigenvalue weighted by atomic mass is 79.9. The van der Waals surface area contributed by atoms with Crippen molar-refractivity contribution in [1.29, 1.82) is 0 Å². The van der Waals surface area contributed by atoms with Gasteiger partial charge < -0.3 is 15.3 Å². The molecule has 1 aliphatic rings. The third-order valence-corrected chi connectivity index (χ3v) is 5.13. The lowest BCUT2D eigenvalue weighted by Crippen LogP contribution is -2.23. The molecule has 25 heavy (non-hydrogen) atoms. The Morgan fingerprint density at radius 1 is 1.20 bits per heavy atom. The van der Waals surface area contributed by atoms with Gasteiger partial charge in [0.25, 0.3) is 0 Å². The molecule has 0 bridgehead atoms. The van der Waals surface area contributed by atoms with E-state index in [1.807, 2.05) is 24.0 Å². The SMILES string of the molecule is CC(NCc1ccc(CN2CCCC2=O)cc1)c1cc(Br)ccc1O. The first-order valence-electron chi connectivity index (χ1n) is 8.60. The van der Waals surface area contributed by atoms with E-state index in [1.54, 1.807) is 6.07 Å². The summed E-state index contributed by atoms with van der Waals surface area (Å²) in [5.41, 5.74) is 3.22. The number of hydrogen-bond donors (Lipinski definition) is 2. The molecule has 4 nitrogen and oxygen atoms in total. The summed E-state index contributed by atoms with van der Waals surface area (Å²) in [6.45, 7) is 4.33. The zero-order valence-electron chi connectivity index (χ0n) is 14.3. The lowest BCUT2D eigenvalue weighted by molar-refractivity contribution is -0.128. The van der Waals surface area contributed by atoms with Crippen molar-refractivity contribution in [3.63, 3.8) is 0 Å². The molecule has 2 aromatic carbocycles. The highest BCUT2D eigenvalue weighted by Gasteiger charge is 2.19. The number of benzene rings is 2. The number of nitrogens with zero attached hydrogens (tertiary/aromatic N) is 1. The normalized spacial score (nSPS) is 15.6. The van der Waals surface area contributed by atoms with Crippen LogP contribution >= 0.6 is 15.9 Å². The number of phenolic OH excluding ortho intramolecular Hbond substituents is 1. The predicted octanol–water partition coefficient (Wildman–Crippen LogP) is 4.13. The summed E-state index contributed by atoms with van der Waals surface area (Å²) in [5, 5.41) is 13.4. The van der Waals surface area contributed by atoms with Crippen molar-refractivity contribution in [2.24, 2.45) is 0 Å². The van der Waals surface area contributed by atoms with E-state index in [9.17, 15) is 9.90 Å². The highest BCUT2D eigenvalue weighted by molar-refractivity contribution is 9.10. The first-order chi connectivity index (χ1) is 12.0. The number of aromatic hydroxyl groups is 1. The average Bonchev–Trinajstić information content (AvgIpc) is 3.01. The van der Waals surface area contributed by atoms with Crippen LogP contribution in [0.2, 0.25) is 0 Å². The first-order valence-corrected chi connectivity index (χ1v) is 9.39. The van der Waals surface area contributed by atoms with Crippen molar-refractivity contribution in [3.8, 4) is 5.75 Å². The van der Waals surface area contributed by atoms with E-state index >= 15 is 0 Å². The summed E-state index contributed by atoms with van der Waals surface area (Å²) in [4.78, 5) is 13.6. The molecular weight excluding hydrogens is 380 g/mol. The number of halogens is 1. The third kappa shape index (κ3) is 4.61. The maximum Gasteiger partial charge on any atom is 0.222 e. The fourth-order valence-electron chi connectivity index (χ4n) is 3.11. The topological polar surface area (TPSA) is 52.6 Å². The van der Waals surface area contributed by atoms with E-state index in [1.165, 1.54) is 5.56 Å². The van der Waals surface area contributed by atoms with Gasteiger partial charge in [-0.25, -0.2) is 0 Å². The minimum absolute atomic E-state index is 0.0411. The van der Waals surface area contributed by atoms with Crippen LogP contribution < -0.4 is 5.32 Å². The summed E-state index contributed by atoms with van der Waals surface area (Å²) in [6.07, 6.45) is 1.66. The largest absolute Gasteiger partial charge is 0.508 e. The number of phenols is 1. The fraction of sp³-hybridized carbons (Fsp3) is 0.350. The van der Waals surface area contributed by atoms with Crippen molar-refractivity contribution in [2.45, 2.75) is 38.9 Å². The molecule has 0 saturated carbocycles. The van der Waals surface area contributed by atoms with E-state index in [2.05, 4.69) is 45.5 Å². The Kier molecular flexibility index (Phi) is 5.76. The van der Waals surface area contributed by atoms with Crippen LogP contribution in [0.5, 0.6) is 5.75 Å². The smallest absolute Gasteiger partial charge is 0.222 e. The standard InChI is InChI=1S/C20H23BrN2O2/c1-14(18-11-17(21)8-9-19(18)24)22-12-15-4-6-16(7-5-15)13-23-10-2-3-20(23)25/h4-9,11,14,22,24H,2-3,10,12-13H2,1H3.